The van der Waals surface area contributed by atoms with Crippen molar-refractivity contribution in [3.8, 4) is 11.5 Å². The van der Waals surface area contributed by atoms with E-state index in [1.54, 1.807) is 20.3 Å². The predicted molar refractivity (Wildman–Crippen MR) is 153 cm³/mol. The second-order valence-corrected chi connectivity index (χ2v) is 10.0. The number of alkyl halides is 1. The van der Waals surface area contributed by atoms with E-state index < -0.39 is 30.2 Å². The first-order valence-electron chi connectivity index (χ1n) is 13.5. The molecule has 1 unspecified atom stereocenters. The molecule has 1 aliphatic heterocycles. The van der Waals surface area contributed by atoms with Crippen LogP contribution in [0.4, 0.5) is 4.39 Å². The van der Waals surface area contributed by atoms with E-state index in [4.69, 9.17) is 18.9 Å². The van der Waals surface area contributed by atoms with E-state index in [1.807, 2.05) is 78.9 Å². The summed E-state index contributed by atoms with van der Waals surface area (Å²) in [5.41, 5.74) is 1.40. The van der Waals surface area contributed by atoms with Crippen molar-refractivity contribution in [2.45, 2.75) is 30.2 Å². The molecular weight excluding hydrogens is 541 g/mol. The van der Waals surface area contributed by atoms with Crippen molar-refractivity contribution in [2.75, 3.05) is 20.8 Å². The Morgan fingerprint density at radius 1 is 0.929 bits per heavy atom. The molecule has 2 N–H and O–H groups in total. The number of aliphatic hydroxyl groups excluding tert-OH is 1. The summed E-state index contributed by atoms with van der Waals surface area (Å²) in [5.74, 6) is 1.35. The molecule has 0 radical (unpaired) electrons. The van der Waals surface area contributed by atoms with Gasteiger partial charge in [-0.25, -0.2) is 9.37 Å². The number of aromatic amines is 1. The van der Waals surface area contributed by atoms with Crippen molar-refractivity contribution in [3.63, 3.8) is 0 Å². The predicted octanol–water partition coefficient (Wildman–Crippen LogP) is 4.35. The Morgan fingerprint density at radius 3 is 2.12 bits per heavy atom. The van der Waals surface area contributed by atoms with E-state index in [-0.39, 0.29) is 17.7 Å². The third-order valence-electron chi connectivity index (χ3n) is 7.70. The number of hydrogen-bond acceptors (Lipinski definition) is 7. The lowest BCUT2D eigenvalue weighted by molar-refractivity contribution is -0.0892. The summed E-state index contributed by atoms with van der Waals surface area (Å²) in [4.78, 5) is 18.9. The Labute approximate surface area is 241 Å². The highest BCUT2D eigenvalue weighted by molar-refractivity contribution is 5.73. The van der Waals surface area contributed by atoms with Gasteiger partial charge in [0, 0.05) is 6.20 Å². The van der Waals surface area contributed by atoms with Crippen LogP contribution in [0.2, 0.25) is 0 Å². The molecule has 0 aliphatic carbocycles. The number of pyridine rings is 1. The zero-order valence-corrected chi connectivity index (χ0v) is 23.0. The largest absolute Gasteiger partial charge is 0.497 e. The van der Waals surface area contributed by atoms with Crippen LogP contribution in [0.25, 0.3) is 11.0 Å². The highest BCUT2D eigenvalue weighted by Crippen LogP contribution is 2.43. The fourth-order valence-electron chi connectivity index (χ4n) is 5.53. The van der Waals surface area contributed by atoms with Crippen LogP contribution in [0, 0.1) is 0 Å². The molecule has 9 nitrogen and oxygen atoms in total. The Balaban J connectivity index is 1.39. The monoisotopic (exact) mass is 571 g/mol. The van der Waals surface area contributed by atoms with Crippen LogP contribution in [0.5, 0.6) is 11.5 Å². The van der Waals surface area contributed by atoms with Crippen molar-refractivity contribution in [1.82, 2.24) is 14.5 Å². The van der Waals surface area contributed by atoms with Gasteiger partial charge < -0.3 is 33.6 Å². The molecule has 3 aromatic carbocycles. The third kappa shape index (κ3) is 4.73. The summed E-state index contributed by atoms with van der Waals surface area (Å²) in [6.07, 6.45) is -2.67. The number of methoxy groups -OCH3 is 2. The summed E-state index contributed by atoms with van der Waals surface area (Å²) < 4.78 is 40.8. The molecule has 6 rings (SSSR count). The first-order chi connectivity index (χ1) is 20.5. The van der Waals surface area contributed by atoms with Gasteiger partial charge in [0.2, 0.25) is 0 Å². The summed E-state index contributed by atoms with van der Waals surface area (Å²) in [6.45, 7) is -0.200. The van der Waals surface area contributed by atoms with Crippen LogP contribution in [-0.2, 0) is 15.1 Å². The Kier molecular flexibility index (Phi) is 7.51. The molecule has 4 atom stereocenters. The van der Waals surface area contributed by atoms with Crippen LogP contribution >= 0.6 is 0 Å². The maximum absolute atomic E-state index is 15.7. The van der Waals surface area contributed by atoms with Crippen molar-refractivity contribution in [2.24, 2.45) is 0 Å². The fraction of sp³-hybridized carbons (Fsp3) is 0.250. The van der Waals surface area contributed by atoms with E-state index in [0.717, 1.165) is 16.7 Å². The third-order valence-corrected chi connectivity index (χ3v) is 7.70. The second-order valence-electron chi connectivity index (χ2n) is 10.0. The lowest BCUT2D eigenvalue weighted by Crippen LogP contribution is -2.38. The van der Waals surface area contributed by atoms with E-state index in [1.165, 1.54) is 17.1 Å². The van der Waals surface area contributed by atoms with Gasteiger partial charge in [0.1, 0.15) is 29.3 Å². The molecule has 0 amide bonds. The average molecular weight is 572 g/mol. The van der Waals surface area contributed by atoms with Gasteiger partial charge in [-0.05, 0) is 47.0 Å². The van der Waals surface area contributed by atoms with Gasteiger partial charge in [-0.3, -0.25) is 4.79 Å². The smallest absolute Gasteiger partial charge is 0.276 e. The van der Waals surface area contributed by atoms with Crippen LogP contribution in [0.1, 0.15) is 22.9 Å². The summed E-state index contributed by atoms with van der Waals surface area (Å²) >= 11 is 0. The summed E-state index contributed by atoms with van der Waals surface area (Å²) in [6, 6.07) is 26.3. The number of aromatic nitrogens is 3. The molecule has 1 aliphatic rings. The first kappa shape index (κ1) is 27.6. The lowest BCUT2D eigenvalue weighted by atomic mass is 9.80. The molecule has 3 heterocycles. The minimum atomic E-state index is -1.77. The number of aliphatic hydroxyl groups is 1. The number of nitrogens with one attached hydrogen (secondary N) is 1. The Hall–Kier alpha value is -4.51. The summed E-state index contributed by atoms with van der Waals surface area (Å²) in [7, 11) is 3.19. The molecule has 1 saturated heterocycles. The molecular formula is C32H30FN3O6. The number of rotatable bonds is 9. The minimum absolute atomic E-state index is 0.172. The molecule has 5 aromatic rings. The van der Waals surface area contributed by atoms with Crippen molar-refractivity contribution >= 4 is 11.0 Å². The van der Waals surface area contributed by atoms with E-state index in [9.17, 15) is 9.90 Å². The van der Waals surface area contributed by atoms with Crippen molar-refractivity contribution in [1.29, 1.82) is 0 Å². The van der Waals surface area contributed by atoms with Crippen LogP contribution in [0.15, 0.2) is 102 Å². The van der Waals surface area contributed by atoms with Gasteiger partial charge in [0.25, 0.3) is 5.56 Å². The van der Waals surface area contributed by atoms with Gasteiger partial charge in [-0.1, -0.05) is 54.6 Å². The van der Waals surface area contributed by atoms with E-state index in [0.29, 0.717) is 17.0 Å². The van der Waals surface area contributed by atoms with Crippen molar-refractivity contribution < 1.29 is 28.4 Å². The normalized spacial score (nSPS) is 20.6. The second kappa shape index (κ2) is 11.4. The standard InChI is InChI=1S/C32H30FN3O6/c1-39-23-12-8-21(9-13-23)32(20-6-4-3-5-7-20,22-10-14-24(40-2)15-11-22)41-18-26-27(33)29(37)31(42-26)36-19-35-28-25(36)16-17-34-30(28)38/h3-17,19,26-27,29,31,37H,18H2,1-2H3,(H,34,38)/t26-,27+,29-,31?/m1/s1. The topological polar surface area (TPSA) is 108 Å². The number of nitrogens with zero attached hydrogens (tertiary/aromatic N) is 2. The SMILES string of the molecule is COc1ccc(C(OC[C@H]2OC(n3cnc4c(=O)[nH]ccc43)[C@H](O)[C@H]2F)(c2ccccc2)c2ccc(OC)cc2)cc1. The molecule has 2 aromatic heterocycles. The Morgan fingerprint density at radius 2 is 1.52 bits per heavy atom. The van der Waals surface area contributed by atoms with Gasteiger partial charge in [-0.15, -0.1) is 0 Å². The number of imidazole rings is 1. The molecule has 216 valence electrons. The molecule has 0 saturated carbocycles. The zero-order valence-electron chi connectivity index (χ0n) is 23.0. The number of benzene rings is 3. The Bertz CT molecular complexity index is 1660. The van der Waals surface area contributed by atoms with Gasteiger partial charge in [0.15, 0.2) is 17.9 Å². The first-order valence-corrected chi connectivity index (χ1v) is 13.5. The number of halogens is 1. The number of ether oxygens (including phenoxy) is 4. The van der Waals surface area contributed by atoms with Crippen LogP contribution in [-0.4, -0.2) is 58.8 Å². The molecule has 0 bridgehead atoms. The molecule has 10 heteroatoms. The van der Waals surface area contributed by atoms with Crippen LogP contribution in [0.3, 0.4) is 0 Å². The van der Waals surface area contributed by atoms with Gasteiger partial charge >= 0.3 is 0 Å². The highest BCUT2D eigenvalue weighted by atomic mass is 19.1. The average Bonchev–Trinajstić information content (AvgIpc) is 3.59. The number of hydrogen-bond donors (Lipinski definition) is 2. The highest BCUT2D eigenvalue weighted by Gasteiger charge is 2.47. The number of fused-ring (bicyclic) bond motifs is 1. The van der Waals surface area contributed by atoms with Gasteiger partial charge in [-0.2, -0.15) is 0 Å². The van der Waals surface area contributed by atoms with Gasteiger partial charge in [0.05, 0.1) is 32.7 Å². The molecule has 42 heavy (non-hydrogen) atoms. The van der Waals surface area contributed by atoms with E-state index in [2.05, 4.69) is 9.97 Å². The number of H-pyrrole nitrogens is 1. The lowest BCUT2D eigenvalue weighted by Gasteiger charge is -2.37. The zero-order chi connectivity index (χ0) is 29.3. The molecule has 0 spiro atoms. The maximum Gasteiger partial charge on any atom is 0.276 e. The minimum Gasteiger partial charge on any atom is -0.497 e. The quantitative estimate of drug-likeness (QED) is 0.253. The van der Waals surface area contributed by atoms with Crippen molar-refractivity contribution in [3.05, 3.63) is 124 Å². The molecule has 1 fully saturated rings. The maximum atomic E-state index is 15.7. The summed E-state index contributed by atoms with van der Waals surface area (Å²) in [5, 5.41) is 10.9. The van der Waals surface area contributed by atoms with E-state index >= 15 is 4.39 Å². The fourth-order valence-corrected chi connectivity index (χ4v) is 5.53. The van der Waals surface area contributed by atoms with Crippen LogP contribution < -0.4 is 15.0 Å².